The number of ether oxygens (including phenoxy) is 3. The highest BCUT2D eigenvalue weighted by Crippen LogP contribution is 2.51. The minimum atomic E-state index is -0.606. The molecule has 1 aliphatic rings. The van der Waals surface area contributed by atoms with Crippen LogP contribution in [0.1, 0.15) is 43.9 Å². The van der Waals surface area contributed by atoms with Crippen LogP contribution in [0.25, 0.3) is 21.6 Å². The van der Waals surface area contributed by atoms with Gasteiger partial charge in [-0.2, -0.15) is 0 Å². The van der Waals surface area contributed by atoms with Gasteiger partial charge in [0.15, 0.2) is 0 Å². The normalized spacial score (nSPS) is 14.2. The quantitative estimate of drug-likeness (QED) is 0.191. The van der Waals surface area contributed by atoms with Gasteiger partial charge >= 0.3 is 12.1 Å². The van der Waals surface area contributed by atoms with Crippen LogP contribution in [0, 0.1) is 0 Å². The van der Waals surface area contributed by atoms with E-state index in [0.29, 0.717) is 27.4 Å². The van der Waals surface area contributed by atoms with Crippen LogP contribution in [0.2, 0.25) is 9.36 Å². The van der Waals surface area contributed by atoms with E-state index in [2.05, 4.69) is 5.32 Å². The van der Waals surface area contributed by atoms with E-state index < -0.39 is 17.6 Å². The van der Waals surface area contributed by atoms with E-state index in [0.717, 1.165) is 45.5 Å². The predicted octanol–water partition coefficient (Wildman–Crippen LogP) is 9.30. The smallest absolute Gasteiger partial charge is 0.412 e. The molecule has 1 amide bonds. The van der Waals surface area contributed by atoms with Gasteiger partial charge in [-0.05, 0) is 61.6 Å². The molecule has 9 heteroatoms. The Kier molecular flexibility index (Phi) is 8.59. The molecule has 0 bridgehead atoms. The number of nitrogens with one attached hydrogen (secondary N) is 1. The van der Waals surface area contributed by atoms with Crippen molar-refractivity contribution in [1.82, 2.24) is 0 Å². The highest BCUT2D eigenvalue weighted by molar-refractivity contribution is 7.20. The van der Waals surface area contributed by atoms with Crippen LogP contribution < -0.4 is 10.1 Å². The molecule has 1 fully saturated rings. The molecule has 212 valence electrons. The van der Waals surface area contributed by atoms with Gasteiger partial charge in [-0.25, -0.2) is 4.79 Å². The predicted molar refractivity (Wildman–Crippen MR) is 164 cm³/mol. The summed E-state index contributed by atoms with van der Waals surface area (Å²) in [4.78, 5) is 26.1. The minimum absolute atomic E-state index is 0.180. The molecule has 4 aromatic rings. The number of carbonyl (C=O) groups excluding carboxylic acids is 2. The summed E-state index contributed by atoms with van der Waals surface area (Å²) in [7, 11) is 1.62. The van der Waals surface area contributed by atoms with Gasteiger partial charge in [0.1, 0.15) is 11.9 Å². The average Bonchev–Trinajstić information content (AvgIpc) is 3.70. The zero-order valence-corrected chi connectivity index (χ0v) is 25.2. The lowest BCUT2D eigenvalue weighted by Gasteiger charge is -2.17. The van der Waals surface area contributed by atoms with E-state index in [-0.39, 0.29) is 5.97 Å². The van der Waals surface area contributed by atoms with Crippen LogP contribution >= 0.6 is 34.5 Å². The van der Waals surface area contributed by atoms with Gasteiger partial charge in [0, 0.05) is 16.1 Å². The van der Waals surface area contributed by atoms with Crippen LogP contribution in [0.3, 0.4) is 0 Å². The summed E-state index contributed by atoms with van der Waals surface area (Å²) in [6.07, 6.45) is 0.407. The lowest BCUT2D eigenvalue weighted by Crippen LogP contribution is -2.23. The molecule has 1 atom stereocenters. The van der Waals surface area contributed by atoms with Gasteiger partial charge < -0.3 is 14.2 Å². The molecule has 0 aliphatic heterocycles. The highest BCUT2D eigenvalue weighted by Gasteiger charge is 2.53. The second-order valence-corrected chi connectivity index (χ2v) is 11.9. The summed E-state index contributed by atoms with van der Waals surface area (Å²) in [6, 6.07) is 22.7. The van der Waals surface area contributed by atoms with E-state index >= 15 is 0 Å². The summed E-state index contributed by atoms with van der Waals surface area (Å²) in [6.45, 7) is 3.94. The lowest BCUT2D eigenvalue weighted by molar-refractivity contribution is -0.146. The second-order valence-electron chi connectivity index (χ2n) is 9.78. The Labute approximate surface area is 253 Å². The number of amides is 1. The third-order valence-electron chi connectivity index (χ3n) is 7.19. The fourth-order valence-corrected chi connectivity index (χ4v) is 6.35. The molecule has 1 saturated carbocycles. The third kappa shape index (κ3) is 6.08. The molecule has 0 spiro atoms. The van der Waals surface area contributed by atoms with Gasteiger partial charge in [0.05, 0.1) is 34.0 Å². The number of carbonyl (C=O) groups is 2. The summed E-state index contributed by atoms with van der Waals surface area (Å²) in [5.41, 5.74) is 4.35. The standard InChI is InChI=1S/C32H29Cl2NO5S/c1-4-39-30(36)32(15-16-32)22-13-14-24(27(17-22)38-3)20-9-11-21(12-10-20)29-26(18-28(34)41-29)35-31(37)40-19(2)23-7-5-6-8-25(23)33/h5-14,17-19H,4,15-16H2,1-3H3,(H,35,37). The Balaban J connectivity index is 1.34. The van der Waals surface area contributed by atoms with E-state index in [1.165, 1.54) is 11.3 Å². The van der Waals surface area contributed by atoms with Crippen molar-refractivity contribution in [3.8, 4) is 27.3 Å². The van der Waals surface area contributed by atoms with Crippen LogP contribution in [0.4, 0.5) is 10.5 Å². The number of anilines is 1. The van der Waals surface area contributed by atoms with E-state index in [4.69, 9.17) is 37.4 Å². The second kappa shape index (κ2) is 12.1. The van der Waals surface area contributed by atoms with Crippen molar-refractivity contribution in [2.45, 2.75) is 38.2 Å². The van der Waals surface area contributed by atoms with Gasteiger partial charge in [0.2, 0.25) is 0 Å². The number of thiophene rings is 1. The molecule has 1 aromatic heterocycles. The summed E-state index contributed by atoms with van der Waals surface area (Å²) < 4.78 is 17.1. The molecule has 1 aliphatic carbocycles. The summed E-state index contributed by atoms with van der Waals surface area (Å²) >= 11 is 14.0. The molecule has 41 heavy (non-hydrogen) atoms. The maximum atomic E-state index is 12.7. The molecular formula is C32H29Cl2NO5S. The Morgan fingerprint density at radius 1 is 1.00 bits per heavy atom. The molecule has 3 aromatic carbocycles. The number of halogens is 2. The monoisotopic (exact) mass is 609 g/mol. The topological polar surface area (TPSA) is 73.9 Å². The Hall–Kier alpha value is -3.52. The van der Waals surface area contributed by atoms with Crippen molar-refractivity contribution in [3.63, 3.8) is 0 Å². The zero-order chi connectivity index (χ0) is 29.1. The number of methoxy groups -OCH3 is 1. The SMILES string of the molecule is CCOC(=O)C1(c2ccc(-c3ccc(-c4sc(Cl)cc4NC(=O)OC(C)c4ccccc4Cl)cc3)c(OC)c2)CC1. The lowest BCUT2D eigenvalue weighted by atomic mass is 9.92. The first-order valence-electron chi connectivity index (χ1n) is 13.2. The van der Waals surface area contributed by atoms with E-state index in [9.17, 15) is 9.59 Å². The number of hydrogen-bond donors (Lipinski definition) is 1. The van der Waals surface area contributed by atoms with Crippen LogP contribution in [-0.2, 0) is 19.7 Å². The molecule has 0 radical (unpaired) electrons. The van der Waals surface area contributed by atoms with Crippen molar-refractivity contribution in [3.05, 3.63) is 93.3 Å². The summed E-state index contributed by atoms with van der Waals surface area (Å²) in [5.74, 6) is 0.503. The first-order chi connectivity index (χ1) is 19.8. The van der Waals surface area contributed by atoms with Gasteiger partial charge in [-0.15, -0.1) is 11.3 Å². The molecule has 6 nitrogen and oxygen atoms in total. The number of esters is 1. The van der Waals surface area contributed by atoms with E-state index in [1.807, 2.05) is 67.6 Å². The third-order valence-corrected chi connectivity index (χ3v) is 8.85. The Morgan fingerprint density at radius 2 is 1.71 bits per heavy atom. The van der Waals surface area contributed by atoms with Crippen molar-refractivity contribution in [1.29, 1.82) is 0 Å². The maximum Gasteiger partial charge on any atom is 0.412 e. The molecule has 1 heterocycles. The van der Waals surface area contributed by atoms with E-state index in [1.54, 1.807) is 26.2 Å². The maximum absolute atomic E-state index is 12.7. The molecular weight excluding hydrogens is 581 g/mol. The van der Waals surface area contributed by atoms with Crippen molar-refractivity contribution in [2.75, 3.05) is 19.0 Å². The van der Waals surface area contributed by atoms with Gasteiger partial charge in [-0.1, -0.05) is 77.8 Å². The Bertz CT molecular complexity index is 1580. The van der Waals surface area contributed by atoms with Crippen LogP contribution in [-0.4, -0.2) is 25.8 Å². The van der Waals surface area contributed by atoms with Crippen molar-refractivity contribution >= 4 is 52.3 Å². The first-order valence-corrected chi connectivity index (χ1v) is 14.8. The first kappa shape index (κ1) is 29.0. The number of hydrogen-bond acceptors (Lipinski definition) is 6. The largest absolute Gasteiger partial charge is 0.496 e. The van der Waals surface area contributed by atoms with Gasteiger partial charge in [-0.3, -0.25) is 10.1 Å². The highest BCUT2D eigenvalue weighted by atomic mass is 35.5. The molecule has 5 rings (SSSR count). The number of benzene rings is 3. The van der Waals surface area contributed by atoms with Crippen molar-refractivity contribution in [2.24, 2.45) is 0 Å². The van der Waals surface area contributed by atoms with Gasteiger partial charge in [0.25, 0.3) is 0 Å². The Morgan fingerprint density at radius 3 is 2.37 bits per heavy atom. The molecule has 0 saturated heterocycles. The number of rotatable bonds is 9. The summed E-state index contributed by atoms with van der Waals surface area (Å²) in [5, 5.41) is 3.35. The molecule has 1 unspecified atom stereocenters. The fraction of sp³-hybridized carbons (Fsp3) is 0.250. The fourth-order valence-electron chi connectivity index (χ4n) is 4.87. The average molecular weight is 611 g/mol. The van der Waals surface area contributed by atoms with Crippen molar-refractivity contribution < 1.29 is 23.8 Å². The van der Waals surface area contributed by atoms with Crippen LogP contribution in [0.15, 0.2) is 72.8 Å². The minimum Gasteiger partial charge on any atom is -0.496 e. The molecule has 1 N–H and O–H groups in total. The van der Waals surface area contributed by atoms with Crippen LogP contribution in [0.5, 0.6) is 5.75 Å². The zero-order valence-electron chi connectivity index (χ0n) is 22.8.